The lowest BCUT2D eigenvalue weighted by Crippen LogP contribution is -2.20. The highest BCUT2D eigenvalue weighted by Gasteiger charge is 2.23. The Morgan fingerprint density at radius 3 is 1.44 bits per heavy atom. The maximum atomic E-state index is 5.98. The number of ether oxygens (including phenoxy) is 5. The van der Waals surface area contributed by atoms with E-state index in [4.69, 9.17) is 23.7 Å². The highest BCUT2D eigenvalue weighted by molar-refractivity contribution is 7.99. The second-order valence-electron chi connectivity index (χ2n) is 9.80. The minimum absolute atomic E-state index is 0.485. The average Bonchev–Trinajstić information content (AvgIpc) is 3.01. The second-order valence-corrected chi connectivity index (χ2v) is 10.9. The van der Waals surface area contributed by atoms with Gasteiger partial charge in [-0.3, -0.25) is 0 Å². The lowest BCUT2D eigenvalue weighted by atomic mass is 10.0. The number of hydrogen-bond acceptors (Lipinski definition) is 7. The van der Waals surface area contributed by atoms with E-state index in [-0.39, 0.29) is 0 Å². The molecule has 0 aliphatic carbocycles. The number of anilines is 2. The highest BCUT2D eigenvalue weighted by atomic mass is 32.2. The van der Waals surface area contributed by atoms with Gasteiger partial charge in [0, 0.05) is 16.3 Å². The summed E-state index contributed by atoms with van der Waals surface area (Å²) >= 11 is 1.83. The van der Waals surface area contributed by atoms with Crippen LogP contribution in [0.2, 0.25) is 0 Å². The molecule has 2 aliphatic rings. The topological polar surface area (TPSA) is 49.4 Å². The first-order valence-corrected chi connectivity index (χ1v) is 15.0. The molecule has 0 radical (unpaired) electrons. The molecule has 0 fully saturated rings. The van der Waals surface area contributed by atoms with E-state index in [0.29, 0.717) is 52.9 Å². The molecule has 0 amide bonds. The fourth-order valence-electron chi connectivity index (χ4n) is 5.10. The molecule has 2 heterocycles. The smallest absolute Gasteiger partial charge is 0.120 e. The molecular weight excluding hydrogens is 534 g/mol. The molecule has 0 saturated carbocycles. The Morgan fingerprint density at radius 1 is 0.537 bits per heavy atom. The molecule has 0 aromatic heterocycles. The summed E-state index contributed by atoms with van der Waals surface area (Å²) < 4.78 is 28.9. The summed E-state index contributed by atoms with van der Waals surface area (Å²) in [5, 5.41) is 0. The molecule has 4 aromatic carbocycles. The molecule has 2 aliphatic heterocycles. The van der Waals surface area contributed by atoms with Gasteiger partial charge in [-0.25, -0.2) is 0 Å². The first kappa shape index (κ1) is 27.7. The molecule has 0 saturated heterocycles. The van der Waals surface area contributed by atoms with Gasteiger partial charge in [-0.15, -0.1) is 0 Å². The maximum Gasteiger partial charge on any atom is 0.120 e. The standard InChI is InChI=1S/C34H35NO5S/c1-2-35-31-11-9-27-23-33(31)41-34-24-28(10-12-32(34)35)26-6-4-8-30(22-26)40-20-18-38-16-14-36-13-15-37-17-19-39-29-7-3-5-25(27)21-29/h3-12,21-24H,2,13-20H2,1H3. The van der Waals surface area contributed by atoms with Crippen molar-refractivity contribution < 1.29 is 23.7 Å². The lowest BCUT2D eigenvalue weighted by Gasteiger charge is -2.32. The summed E-state index contributed by atoms with van der Waals surface area (Å²) in [6.45, 7) is 7.17. The molecule has 4 aromatic rings. The first-order valence-electron chi connectivity index (χ1n) is 14.2. The third kappa shape index (κ3) is 6.71. The fourth-order valence-corrected chi connectivity index (χ4v) is 6.27. The van der Waals surface area contributed by atoms with Gasteiger partial charge in [0.15, 0.2) is 0 Å². The largest absolute Gasteiger partial charge is 0.491 e. The summed E-state index contributed by atoms with van der Waals surface area (Å²) in [5.41, 5.74) is 7.07. The third-order valence-corrected chi connectivity index (χ3v) is 8.20. The maximum absolute atomic E-state index is 5.98. The van der Waals surface area contributed by atoms with Crippen LogP contribution in [0.4, 0.5) is 11.4 Å². The Balaban J connectivity index is 1.30. The van der Waals surface area contributed by atoms with Crippen LogP contribution in [0.3, 0.4) is 0 Å². The van der Waals surface area contributed by atoms with E-state index >= 15 is 0 Å². The van der Waals surface area contributed by atoms with Gasteiger partial charge in [0.25, 0.3) is 0 Å². The molecule has 8 bridgehead atoms. The number of fused-ring (bicyclic) bond motifs is 8. The number of benzene rings is 4. The van der Waals surface area contributed by atoms with Gasteiger partial charge in [0.2, 0.25) is 0 Å². The summed E-state index contributed by atoms with van der Waals surface area (Å²) in [6.07, 6.45) is 0. The summed E-state index contributed by atoms with van der Waals surface area (Å²) in [5.74, 6) is 1.67. The van der Waals surface area contributed by atoms with Crippen molar-refractivity contribution in [3.8, 4) is 33.8 Å². The van der Waals surface area contributed by atoms with Crippen LogP contribution in [0.1, 0.15) is 6.92 Å². The third-order valence-electron chi connectivity index (χ3n) is 7.11. The monoisotopic (exact) mass is 569 g/mol. The van der Waals surface area contributed by atoms with E-state index in [0.717, 1.165) is 29.2 Å². The number of rotatable bonds is 1. The minimum atomic E-state index is 0.485. The quantitative estimate of drug-likeness (QED) is 0.236. The van der Waals surface area contributed by atoms with Gasteiger partial charge < -0.3 is 28.6 Å². The molecular formula is C34H35NO5S. The Morgan fingerprint density at radius 2 is 0.976 bits per heavy atom. The van der Waals surface area contributed by atoms with Crippen molar-refractivity contribution in [1.82, 2.24) is 0 Å². The zero-order valence-electron chi connectivity index (χ0n) is 23.3. The predicted molar refractivity (Wildman–Crippen MR) is 164 cm³/mol. The summed E-state index contributed by atoms with van der Waals surface area (Å²) in [4.78, 5) is 4.89. The summed E-state index contributed by atoms with van der Waals surface area (Å²) in [6, 6.07) is 30.0. The van der Waals surface area contributed by atoms with E-state index in [9.17, 15) is 0 Å². The SMILES string of the molecule is CCN1c2ccc3cc2Sc2cc(ccc21)-c1cccc(c1)OCCOCCOCCOCCOc1cccc-3c1. The Hall–Kier alpha value is -3.49. The Bertz CT molecular complexity index is 1370. The van der Waals surface area contributed by atoms with Gasteiger partial charge in [-0.1, -0.05) is 48.2 Å². The van der Waals surface area contributed by atoms with Crippen LogP contribution in [0.25, 0.3) is 22.3 Å². The average molecular weight is 570 g/mol. The van der Waals surface area contributed by atoms with Crippen molar-refractivity contribution in [3.63, 3.8) is 0 Å². The Labute approximate surface area is 246 Å². The van der Waals surface area contributed by atoms with E-state index in [1.165, 1.54) is 32.3 Å². The molecule has 0 unspecified atom stereocenters. The lowest BCUT2D eigenvalue weighted by molar-refractivity contribution is 0.00499. The second kappa shape index (κ2) is 13.4. The van der Waals surface area contributed by atoms with Crippen molar-refractivity contribution in [2.45, 2.75) is 16.7 Å². The highest BCUT2D eigenvalue weighted by Crippen LogP contribution is 2.50. The minimum Gasteiger partial charge on any atom is -0.491 e. The summed E-state index contributed by atoms with van der Waals surface area (Å²) in [7, 11) is 0. The van der Waals surface area contributed by atoms with Crippen LogP contribution in [0.5, 0.6) is 11.5 Å². The molecule has 6 rings (SSSR count). The molecule has 0 atom stereocenters. The first-order chi connectivity index (χ1) is 20.3. The van der Waals surface area contributed by atoms with E-state index in [1.54, 1.807) is 0 Å². The van der Waals surface area contributed by atoms with Crippen molar-refractivity contribution in [2.75, 3.05) is 64.3 Å². The van der Waals surface area contributed by atoms with Crippen LogP contribution >= 0.6 is 11.8 Å². The van der Waals surface area contributed by atoms with Crippen molar-refractivity contribution in [2.24, 2.45) is 0 Å². The van der Waals surface area contributed by atoms with Gasteiger partial charge in [0.1, 0.15) is 24.7 Å². The Kier molecular flexibility index (Phi) is 9.08. The van der Waals surface area contributed by atoms with E-state index in [2.05, 4.69) is 72.5 Å². The van der Waals surface area contributed by atoms with Crippen LogP contribution in [0.15, 0.2) is 94.7 Å². The number of hydrogen-bond donors (Lipinski definition) is 0. The zero-order chi connectivity index (χ0) is 27.9. The zero-order valence-corrected chi connectivity index (χ0v) is 24.2. The van der Waals surface area contributed by atoms with Crippen molar-refractivity contribution in [3.05, 3.63) is 84.9 Å². The molecule has 0 spiro atoms. The molecule has 41 heavy (non-hydrogen) atoms. The van der Waals surface area contributed by atoms with Crippen molar-refractivity contribution in [1.29, 1.82) is 0 Å². The van der Waals surface area contributed by atoms with E-state index < -0.39 is 0 Å². The van der Waals surface area contributed by atoms with Gasteiger partial charge in [0.05, 0.1) is 51.0 Å². The molecule has 212 valence electrons. The fraction of sp³-hybridized carbons (Fsp3) is 0.294. The van der Waals surface area contributed by atoms with Crippen LogP contribution < -0.4 is 14.4 Å². The van der Waals surface area contributed by atoms with Gasteiger partial charge in [-0.05, 0) is 77.7 Å². The number of nitrogens with zero attached hydrogens (tertiary/aromatic N) is 1. The van der Waals surface area contributed by atoms with Crippen LogP contribution in [-0.2, 0) is 14.2 Å². The van der Waals surface area contributed by atoms with Gasteiger partial charge in [-0.2, -0.15) is 0 Å². The van der Waals surface area contributed by atoms with Crippen LogP contribution in [-0.4, -0.2) is 59.4 Å². The van der Waals surface area contributed by atoms with Crippen molar-refractivity contribution >= 4 is 23.1 Å². The predicted octanol–water partition coefficient (Wildman–Crippen LogP) is 7.46. The van der Waals surface area contributed by atoms with Crippen LogP contribution in [0, 0.1) is 0 Å². The van der Waals surface area contributed by atoms with E-state index in [1.807, 2.05) is 36.0 Å². The molecule has 0 N–H and O–H groups in total. The molecule has 6 nitrogen and oxygen atoms in total. The molecule has 7 heteroatoms. The normalized spacial score (nSPS) is 16.2. The van der Waals surface area contributed by atoms with Gasteiger partial charge >= 0.3 is 0 Å².